The molecule has 108 valence electrons. The molecule has 0 saturated carbocycles. The van der Waals surface area contributed by atoms with E-state index >= 15 is 0 Å². The Balaban J connectivity index is 2.22. The smallest absolute Gasteiger partial charge is 0.230 e. The van der Waals surface area contributed by atoms with Crippen molar-refractivity contribution in [1.82, 2.24) is 9.88 Å². The summed E-state index contributed by atoms with van der Waals surface area (Å²) in [7, 11) is 1.75. The van der Waals surface area contributed by atoms with E-state index in [0.29, 0.717) is 29.4 Å². The number of imide groups is 1. The maximum atomic E-state index is 12.1. The number of carbonyl (C=O) groups is 2. The van der Waals surface area contributed by atoms with Crippen LogP contribution in [0.25, 0.3) is 0 Å². The Hall–Kier alpha value is -1.62. The topological polar surface area (TPSA) is 62.3 Å². The number of carbonyl (C=O) groups excluding carboxylic acids is 2. The maximum Gasteiger partial charge on any atom is 0.230 e. The van der Waals surface area contributed by atoms with Crippen LogP contribution in [0.1, 0.15) is 32.4 Å². The zero-order valence-corrected chi connectivity index (χ0v) is 12.6. The zero-order chi connectivity index (χ0) is 14.9. The molecule has 1 N–H and O–H groups in total. The SMILES string of the molecule is CNc1ccc(Cl)c(CN2C(=O)CC(C)(C)CC2=O)n1. The second kappa shape index (κ2) is 5.40. The average Bonchev–Trinajstić information content (AvgIpc) is 2.34. The largest absolute Gasteiger partial charge is 0.373 e. The van der Waals surface area contributed by atoms with E-state index in [1.165, 1.54) is 4.90 Å². The van der Waals surface area contributed by atoms with Crippen molar-refractivity contribution in [3.05, 3.63) is 22.8 Å². The molecule has 2 heterocycles. The molecular weight excluding hydrogens is 278 g/mol. The molecule has 0 unspecified atom stereocenters. The van der Waals surface area contributed by atoms with Crippen molar-refractivity contribution in [3.8, 4) is 0 Å². The lowest BCUT2D eigenvalue weighted by atomic mass is 9.82. The first-order valence-electron chi connectivity index (χ1n) is 6.49. The predicted octanol–water partition coefficient (Wildman–Crippen LogP) is 2.45. The van der Waals surface area contributed by atoms with Gasteiger partial charge in [0.05, 0.1) is 17.3 Å². The van der Waals surface area contributed by atoms with Crippen LogP contribution in [0.5, 0.6) is 0 Å². The highest BCUT2D eigenvalue weighted by Crippen LogP contribution is 2.32. The number of pyridine rings is 1. The van der Waals surface area contributed by atoms with Gasteiger partial charge in [0.1, 0.15) is 5.82 Å². The lowest BCUT2D eigenvalue weighted by Gasteiger charge is -2.34. The number of hydrogen-bond acceptors (Lipinski definition) is 4. The first-order valence-corrected chi connectivity index (χ1v) is 6.86. The fourth-order valence-electron chi connectivity index (χ4n) is 2.27. The summed E-state index contributed by atoms with van der Waals surface area (Å²) in [6.07, 6.45) is 0.726. The van der Waals surface area contributed by atoms with Crippen molar-refractivity contribution in [2.24, 2.45) is 5.41 Å². The summed E-state index contributed by atoms with van der Waals surface area (Å²) in [6, 6.07) is 3.45. The van der Waals surface area contributed by atoms with Crippen molar-refractivity contribution in [2.75, 3.05) is 12.4 Å². The minimum Gasteiger partial charge on any atom is -0.373 e. The van der Waals surface area contributed by atoms with Crippen molar-refractivity contribution in [1.29, 1.82) is 0 Å². The van der Waals surface area contributed by atoms with E-state index in [1.54, 1.807) is 19.2 Å². The summed E-state index contributed by atoms with van der Waals surface area (Å²) in [6.45, 7) is 3.97. The third-order valence-corrected chi connectivity index (χ3v) is 3.69. The monoisotopic (exact) mass is 295 g/mol. The molecule has 1 aliphatic rings. The van der Waals surface area contributed by atoms with Gasteiger partial charge in [0.25, 0.3) is 0 Å². The van der Waals surface area contributed by atoms with Crippen LogP contribution in [0.2, 0.25) is 5.02 Å². The summed E-state index contributed by atoms with van der Waals surface area (Å²) in [5.74, 6) is 0.319. The number of amides is 2. The minimum atomic E-state index is -0.269. The fourth-order valence-corrected chi connectivity index (χ4v) is 2.44. The Morgan fingerprint density at radius 3 is 2.45 bits per heavy atom. The van der Waals surface area contributed by atoms with Crippen LogP contribution in [0.3, 0.4) is 0 Å². The number of likely N-dealkylation sites (tertiary alicyclic amines) is 1. The first kappa shape index (κ1) is 14.8. The molecule has 0 radical (unpaired) electrons. The van der Waals surface area contributed by atoms with Gasteiger partial charge in [-0.25, -0.2) is 4.98 Å². The first-order chi connectivity index (χ1) is 9.32. The van der Waals surface area contributed by atoms with E-state index in [1.807, 2.05) is 13.8 Å². The van der Waals surface area contributed by atoms with E-state index in [9.17, 15) is 9.59 Å². The van der Waals surface area contributed by atoms with Gasteiger partial charge in [-0.2, -0.15) is 0 Å². The molecule has 6 heteroatoms. The Morgan fingerprint density at radius 2 is 1.90 bits per heavy atom. The molecule has 0 aliphatic carbocycles. The molecule has 5 nitrogen and oxygen atoms in total. The molecule has 0 atom stereocenters. The molecule has 1 saturated heterocycles. The summed E-state index contributed by atoms with van der Waals surface area (Å²) < 4.78 is 0. The number of hydrogen-bond donors (Lipinski definition) is 1. The number of halogens is 1. The molecule has 0 spiro atoms. The Labute approximate surface area is 123 Å². The number of nitrogens with zero attached hydrogens (tertiary/aromatic N) is 2. The van der Waals surface area contributed by atoms with Crippen LogP contribution in [0, 0.1) is 5.41 Å². The van der Waals surface area contributed by atoms with Gasteiger partial charge in [-0.15, -0.1) is 0 Å². The van der Waals surface area contributed by atoms with E-state index in [-0.39, 0.29) is 23.8 Å². The van der Waals surface area contributed by atoms with Crippen LogP contribution in [-0.2, 0) is 16.1 Å². The second-order valence-corrected chi connectivity index (χ2v) is 6.17. The van der Waals surface area contributed by atoms with E-state index in [0.717, 1.165) is 0 Å². The summed E-state index contributed by atoms with van der Waals surface area (Å²) in [5, 5.41) is 3.36. The maximum absolute atomic E-state index is 12.1. The summed E-state index contributed by atoms with van der Waals surface area (Å²) >= 11 is 6.08. The third kappa shape index (κ3) is 3.10. The van der Waals surface area contributed by atoms with Crippen LogP contribution in [-0.4, -0.2) is 28.7 Å². The predicted molar refractivity (Wildman–Crippen MR) is 77.4 cm³/mol. The Bertz CT molecular complexity index is 537. The highest BCUT2D eigenvalue weighted by Gasteiger charge is 2.37. The molecule has 20 heavy (non-hydrogen) atoms. The van der Waals surface area contributed by atoms with E-state index < -0.39 is 0 Å². The molecule has 0 aromatic carbocycles. The molecular formula is C14H18ClN3O2. The number of nitrogens with one attached hydrogen (secondary N) is 1. The van der Waals surface area contributed by atoms with Crippen LogP contribution >= 0.6 is 11.6 Å². The van der Waals surface area contributed by atoms with Crippen molar-refractivity contribution >= 4 is 29.2 Å². The molecule has 2 rings (SSSR count). The molecule has 1 aromatic rings. The van der Waals surface area contributed by atoms with Crippen LogP contribution in [0.4, 0.5) is 5.82 Å². The van der Waals surface area contributed by atoms with Crippen molar-refractivity contribution in [2.45, 2.75) is 33.2 Å². The Kier molecular flexibility index (Phi) is 3.99. The van der Waals surface area contributed by atoms with E-state index in [2.05, 4.69) is 10.3 Å². The van der Waals surface area contributed by atoms with Crippen molar-refractivity contribution < 1.29 is 9.59 Å². The van der Waals surface area contributed by atoms with Crippen molar-refractivity contribution in [3.63, 3.8) is 0 Å². The van der Waals surface area contributed by atoms with Crippen LogP contribution in [0.15, 0.2) is 12.1 Å². The second-order valence-electron chi connectivity index (χ2n) is 5.77. The lowest BCUT2D eigenvalue weighted by molar-refractivity contribution is -0.153. The number of piperidine rings is 1. The Morgan fingerprint density at radius 1 is 1.30 bits per heavy atom. The molecule has 2 amide bonds. The normalized spacial score (nSPS) is 18.3. The van der Waals surface area contributed by atoms with Gasteiger partial charge in [-0.3, -0.25) is 14.5 Å². The van der Waals surface area contributed by atoms with Crippen LogP contribution < -0.4 is 5.32 Å². The lowest BCUT2D eigenvalue weighted by Crippen LogP contribution is -2.45. The van der Waals surface area contributed by atoms with Gasteiger partial charge >= 0.3 is 0 Å². The summed E-state index contributed by atoms with van der Waals surface area (Å²) in [5.41, 5.74) is 0.259. The standard InChI is InChI=1S/C14H18ClN3O2/c1-14(2)6-12(19)18(13(20)7-14)8-10-9(15)4-5-11(16-3)17-10/h4-5H,6-8H2,1-3H3,(H,16,17). The van der Waals surface area contributed by atoms with Gasteiger partial charge in [0, 0.05) is 19.9 Å². The molecule has 1 fully saturated rings. The van der Waals surface area contributed by atoms with Gasteiger partial charge in [0.15, 0.2) is 0 Å². The van der Waals surface area contributed by atoms with Gasteiger partial charge in [-0.1, -0.05) is 25.4 Å². The minimum absolute atomic E-state index is 0.127. The van der Waals surface area contributed by atoms with Gasteiger partial charge < -0.3 is 5.32 Å². The van der Waals surface area contributed by atoms with E-state index in [4.69, 9.17) is 11.6 Å². The average molecular weight is 296 g/mol. The third-order valence-electron chi connectivity index (χ3n) is 3.34. The highest BCUT2D eigenvalue weighted by molar-refractivity contribution is 6.31. The molecule has 1 aliphatic heterocycles. The molecule has 0 bridgehead atoms. The summed E-state index contributed by atoms with van der Waals surface area (Å²) in [4.78, 5) is 29.8. The molecule has 1 aromatic heterocycles. The number of aromatic nitrogens is 1. The van der Waals surface area contributed by atoms with Gasteiger partial charge in [-0.05, 0) is 17.5 Å². The highest BCUT2D eigenvalue weighted by atomic mass is 35.5. The zero-order valence-electron chi connectivity index (χ0n) is 11.9. The number of anilines is 1. The quantitative estimate of drug-likeness (QED) is 0.870. The fraction of sp³-hybridized carbons (Fsp3) is 0.500. The number of rotatable bonds is 3. The van der Waals surface area contributed by atoms with Gasteiger partial charge in [0.2, 0.25) is 11.8 Å².